The average Bonchev–Trinajstić information content (AvgIpc) is 2.42. The topological polar surface area (TPSA) is 44.4 Å². The lowest BCUT2D eigenvalue weighted by atomic mass is 10.0. The number of carbonyl (C=O) groups excluding carboxylic acids is 1. The highest BCUT2D eigenvalue weighted by atomic mass is 16.2. The van der Waals surface area contributed by atoms with Gasteiger partial charge in [0, 0.05) is 19.1 Å². The van der Waals surface area contributed by atoms with Crippen molar-refractivity contribution in [3.63, 3.8) is 0 Å². The van der Waals surface area contributed by atoms with Gasteiger partial charge in [0.05, 0.1) is 6.04 Å². The molecule has 0 aromatic heterocycles. The van der Waals surface area contributed by atoms with Crippen molar-refractivity contribution in [2.75, 3.05) is 26.7 Å². The van der Waals surface area contributed by atoms with E-state index in [1.807, 2.05) is 14.0 Å². The Morgan fingerprint density at radius 3 is 2.89 bits per heavy atom. The number of likely N-dealkylation sites (N-methyl/N-ethyl adjacent to an activating group) is 1. The summed E-state index contributed by atoms with van der Waals surface area (Å²) in [7, 11) is 2.00. The van der Waals surface area contributed by atoms with Crippen molar-refractivity contribution in [2.24, 2.45) is 0 Å². The number of rotatable bonds is 7. The fourth-order valence-corrected chi connectivity index (χ4v) is 2.49. The van der Waals surface area contributed by atoms with Gasteiger partial charge in [-0.25, -0.2) is 0 Å². The zero-order chi connectivity index (χ0) is 13.4. The molecular formula is C14H29N3O. The van der Waals surface area contributed by atoms with E-state index < -0.39 is 0 Å². The van der Waals surface area contributed by atoms with E-state index in [0.29, 0.717) is 6.04 Å². The summed E-state index contributed by atoms with van der Waals surface area (Å²) in [6.45, 7) is 7.05. The van der Waals surface area contributed by atoms with Gasteiger partial charge in [0.15, 0.2) is 0 Å². The van der Waals surface area contributed by atoms with Gasteiger partial charge in [-0.3, -0.25) is 9.69 Å². The minimum atomic E-state index is 0.00257. The predicted octanol–water partition coefficient (Wildman–Crippen LogP) is 1.37. The summed E-state index contributed by atoms with van der Waals surface area (Å²) >= 11 is 0. The van der Waals surface area contributed by atoms with Gasteiger partial charge >= 0.3 is 0 Å². The first kappa shape index (κ1) is 15.4. The van der Waals surface area contributed by atoms with Crippen molar-refractivity contribution in [3.8, 4) is 0 Å². The molecule has 2 unspecified atom stereocenters. The first-order valence-electron chi connectivity index (χ1n) is 7.38. The summed E-state index contributed by atoms with van der Waals surface area (Å²) in [5, 5.41) is 6.36. The number of unbranched alkanes of at least 4 members (excludes halogenated alkanes) is 2. The first-order valence-corrected chi connectivity index (χ1v) is 7.38. The van der Waals surface area contributed by atoms with Crippen LogP contribution in [-0.2, 0) is 4.79 Å². The van der Waals surface area contributed by atoms with Crippen molar-refractivity contribution in [3.05, 3.63) is 0 Å². The first-order chi connectivity index (χ1) is 8.69. The normalized spacial score (nSPS) is 22.7. The zero-order valence-corrected chi connectivity index (χ0v) is 12.2. The van der Waals surface area contributed by atoms with Gasteiger partial charge in [-0.2, -0.15) is 0 Å². The highest BCUT2D eigenvalue weighted by molar-refractivity contribution is 5.81. The maximum atomic E-state index is 12.0. The molecule has 2 atom stereocenters. The van der Waals surface area contributed by atoms with Gasteiger partial charge in [0.1, 0.15) is 0 Å². The second-order valence-electron chi connectivity index (χ2n) is 5.30. The van der Waals surface area contributed by atoms with E-state index in [1.54, 1.807) is 0 Å². The van der Waals surface area contributed by atoms with Crippen LogP contribution in [0.25, 0.3) is 0 Å². The molecule has 4 nitrogen and oxygen atoms in total. The number of carbonyl (C=O) groups is 1. The fourth-order valence-electron chi connectivity index (χ4n) is 2.49. The third-order valence-corrected chi connectivity index (χ3v) is 3.87. The lowest BCUT2D eigenvalue weighted by Gasteiger charge is -2.35. The number of piperidine rings is 1. The van der Waals surface area contributed by atoms with E-state index in [-0.39, 0.29) is 11.9 Å². The van der Waals surface area contributed by atoms with Crippen LogP contribution in [0.3, 0.4) is 0 Å². The SMILES string of the molecule is CCCCCNC(=O)C(C)N1CCCC(NC)C1. The molecule has 0 radical (unpaired) electrons. The zero-order valence-electron chi connectivity index (χ0n) is 12.2. The molecular weight excluding hydrogens is 226 g/mol. The molecule has 106 valence electrons. The Bertz CT molecular complexity index is 245. The molecule has 1 aliphatic rings. The van der Waals surface area contributed by atoms with Crippen LogP contribution in [0.4, 0.5) is 0 Å². The lowest BCUT2D eigenvalue weighted by Crippen LogP contribution is -2.52. The summed E-state index contributed by atoms with van der Waals surface area (Å²) in [6, 6.07) is 0.539. The van der Waals surface area contributed by atoms with Crippen LogP contribution in [0.1, 0.15) is 46.0 Å². The molecule has 1 amide bonds. The molecule has 1 fully saturated rings. The highest BCUT2D eigenvalue weighted by Gasteiger charge is 2.26. The number of nitrogens with one attached hydrogen (secondary N) is 2. The summed E-state index contributed by atoms with van der Waals surface area (Å²) in [5.74, 6) is 0.183. The summed E-state index contributed by atoms with van der Waals surface area (Å²) in [4.78, 5) is 14.3. The van der Waals surface area contributed by atoms with Crippen LogP contribution in [0.15, 0.2) is 0 Å². The molecule has 1 heterocycles. The minimum absolute atomic E-state index is 0.00257. The van der Waals surface area contributed by atoms with Crippen LogP contribution < -0.4 is 10.6 Å². The Hall–Kier alpha value is -0.610. The Labute approximate surface area is 111 Å². The van der Waals surface area contributed by atoms with E-state index >= 15 is 0 Å². The molecule has 1 rings (SSSR count). The van der Waals surface area contributed by atoms with Crippen LogP contribution in [0.2, 0.25) is 0 Å². The van der Waals surface area contributed by atoms with Gasteiger partial charge in [-0.15, -0.1) is 0 Å². The van der Waals surface area contributed by atoms with E-state index in [0.717, 1.165) is 26.1 Å². The molecule has 0 aromatic carbocycles. The number of likely N-dealkylation sites (tertiary alicyclic amines) is 1. The molecule has 1 saturated heterocycles. The summed E-state index contributed by atoms with van der Waals surface area (Å²) in [6.07, 6.45) is 5.88. The van der Waals surface area contributed by atoms with E-state index in [2.05, 4.69) is 22.5 Å². The molecule has 4 heteroatoms. The van der Waals surface area contributed by atoms with Gasteiger partial charge in [0.2, 0.25) is 5.91 Å². The molecule has 0 aromatic rings. The maximum Gasteiger partial charge on any atom is 0.237 e. The Morgan fingerprint density at radius 2 is 2.22 bits per heavy atom. The van der Waals surface area contributed by atoms with Gasteiger partial charge in [0.25, 0.3) is 0 Å². The van der Waals surface area contributed by atoms with Gasteiger partial charge in [-0.05, 0) is 39.8 Å². The second-order valence-corrected chi connectivity index (χ2v) is 5.30. The Morgan fingerprint density at radius 1 is 1.44 bits per heavy atom. The lowest BCUT2D eigenvalue weighted by molar-refractivity contribution is -0.126. The van der Waals surface area contributed by atoms with Crippen molar-refractivity contribution in [2.45, 2.75) is 58.0 Å². The van der Waals surface area contributed by atoms with E-state index in [4.69, 9.17) is 0 Å². The number of hydrogen-bond acceptors (Lipinski definition) is 3. The molecule has 0 saturated carbocycles. The van der Waals surface area contributed by atoms with Gasteiger partial charge < -0.3 is 10.6 Å². The summed E-state index contributed by atoms with van der Waals surface area (Å²) < 4.78 is 0. The monoisotopic (exact) mass is 255 g/mol. The van der Waals surface area contributed by atoms with Crippen LogP contribution in [0.5, 0.6) is 0 Å². The van der Waals surface area contributed by atoms with Crippen LogP contribution in [-0.4, -0.2) is 49.6 Å². The standard InChI is InChI=1S/C14H29N3O/c1-4-5-6-9-16-14(18)12(2)17-10-7-8-13(11-17)15-3/h12-13,15H,4-11H2,1-3H3,(H,16,18). The molecule has 1 aliphatic heterocycles. The van der Waals surface area contributed by atoms with Gasteiger partial charge in [-0.1, -0.05) is 19.8 Å². The third-order valence-electron chi connectivity index (χ3n) is 3.87. The molecule has 0 bridgehead atoms. The number of amides is 1. The molecule has 18 heavy (non-hydrogen) atoms. The minimum Gasteiger partial charge on any atom is -0.355 e. The van der Waals surface area contributed by atoms with Crippen molar-refractivity contribution >= 4 is 5.91 Å². The molecule has 0 aliphatic carbocycles. The number of hydrogen-bond donors (Lipinski definition) is 2. The number of nitrogens with zero attached hydrogens (tertiary/aromatic N) is 1. The molecule has 2 N–H and O–H groups in total. The van der Waals surface area contributed by atoms with Crippen LogP contribution in [0, 0.1) is 0 Å². The maximum absolute atomic E-state index is 12.0. The summed E-state index contributed by atoms with van der Waals surface area (Å²) in [5.41, 5.74) is 0. The smallest absolute Gasteiger partial charge is 0.237 e. The Kier molecular flexibility index (Phi) is 7.28. The largest absolute Gasteiger partial charge is 0.355 e. The average molecular weight is 255 g/mol. The fraction of sp³-hybridized carbons (Fsp3) is 0.929. The van der Waals surface area contributed by atoms with Crippen molar-refractivity contribution in [1.29, 1.82) is 0 Å². The van der Waals surface area contributed by atoms with Crippen LogP contribution >= 0.6 is 0 Å². The highest BCUT2D eigenvalue weighted by Crippen LogP contribution is 2.12. The molecule has 0 spiro atoms. The predicted molar refractivity (Wildman–Crippen MR) is 75.7 cm³/mol. The Balaban J connectivity index is 2.28. The quantitative estimate of drug-likeness (QED) is 0.675. The van der Waals surface area contributed by atoms with Crippen molar-refractivity contribution in [1.82, 2.24) is 15.5 Å². The van der Waals surface area contributed by atoms with E-state index in [1.165, 1.54) is 25.7 Å². The second kappa shape index (κ2) is 8.48. The van der Waals surface area contributed by atoms with Crippen molar-refractivity contribution < 1.29 is 4.79 Å². The van der Waals surface area contributed by atoms with E-state index in [9.17, 15) is 4.79 Å². The third kappa shape index (κ3) is 4.94.